The Bertz CT molecular complexity index is 548. The van der Waals surface area contributed by atoms with E-state index in [2.05, 4.69) is 38.7 Å². The molecule has 2 N–H and O–H groups in total. The number of piperidine rings is 1. The molecular formula is C16H22BrN3S. The van der Waals surface area contributed by atoms with Crippen LogP contribution in [0.4, 0.5) is 5.69 Å². The second kappa shape index (κ2) is 6.23. The number of nitrogens with two attached hydrogens (primary N) is 1. The van der Waals surface area contributed by atoms with Gasteiger partial charge in [0.15, 0.2) is 0 Å². The van der Waals surface area contributed by atoms with E-state index < -0.39 is 0 Å². The Balaban J connectivity index is 1.92. The van der Waals surface area contributed by atoms with Crippen molar-refractivity contribution in [3.63, 3.8) is 0 Å². The van der Waals surface area contributed by atoms with Crippen molar-refractivity contribution in [2.24, 2.45) is 5.73 Å². The minimum Gasteiger partial charge on any atom is -0.389 e. The maximum absolute atomic E-state index is 5.93. The first-order valence-electron chi connectivity index (χ1n) is 7.66. The van der Waals surface area contributed by atoms with Crippen molar-refractivity contribution < 1.29 is 0 Å². The van der Waals surface area contributed by atoms with Crippen LogP contribution in [0, 0.1) is 0 Å². The lowest BCUT2D eigenvalue weighted by Crippen LogP contribution is -2.59. The highest BCUT2D eigenvalue weighted by Crippen LogP contribution is 2.32. The minimum atomic E-state index is 0.482. The molecule has 1 aromatic carbocycles. The van der Waals surface area contributed by atoms with Gasteiger partial charge in [-0.05, 0) is 44.5 Å². The van der Waals surface area contributed by atoms with Crippen molar-refractivity contribution >= 4 is 38.8 Å². The number of rotatable bonds is 2. The van der Waals surface area contributed by atoms with E-state index in [1.54, 1.807) is 0 Å². The van der Waals surface area contributed by atoms with E-state index in [1.807, 2.05) is 12.1 Å². The Hall–Kier alpha value is -0.650. The lowest BCUT2D eigenvalue weighted by Gasteiger charge is -2.48. The molecule has 2 heterocycles. The molecule has 5 heteroatoms. The fourth-order valence-corrected chi connectivity index (χ4v) is 4.16. The molecule has 21 heavy (non-hydrogen) atoms. The summed E-state index contributed by atoms with van der Waals surface area (Å²) in [5, 5.41) is 0. The van der Waals surface area contributed by atoms with Crippen LogP contribution in [0.2, 0.25) is 0 Å². The van der Waals surface area contributed by atoms with E-state index in [9.17, 15) is 0 Å². The molecule has 3 rings (SSSR count). The normalized spacial score (nSPS) is 26.5. The Kier molecular flexibility index (Phi) is 4.52. The van der Waals surface area contributed by atoms with Gasteiger partial charge in [0.2, 0.25) is 0 Å². The molecule has 0 amide bonds. The second-order valence-electron chi connectivity index (χ2n) is 6.17. The van der Waals surface area contributed by atoms with E-state index in [1.165, 1.54) is 31.5 Å². The number of hydrogen-bond donors (Lipinski definition) is 1. The number of hydrogen-bond acceptors (Lipinski definition) is 3. The summed E-state index contributed by atoms with van der Waals surface area (Å²) < 4.78 is 1.08. The summed E-state index contributed by atoms with van der Waals surface area (Å²) in [6.45, 7) is 5.76. The summed E-state index contributed by atoms with van der Waals surface area (Å²) in [6, 6.07) is 7.36. The molecule has 2 atom stereocenters. The van der Waals surface area contributed by atoms with Gasteiger partial charge in [-0.15, -0.1) is 0 Å². The molecule has 2 aliphatic rings. The van der Waals surface area contributed by atoms with Crippen molar-refractivity contribution in [1.29, 1.82) is 0 Å². The molecule has 0 aliphatic carbocycles. The van der Waals surface area contributed by atoms with Crippen molar-refractivity contribution in [3.8, 4) is 0 Å². The molecule has 2 unspecified atom stereocenters. The van der Waals surface area contributed by atoms with Gasteiger partial charge in [0.25, 0.3) is 0 Å². The largest absolute Gasteiger partial charge is 0.389 e. The van der Waals surface area contributed by atoms with Gasteiger partial charge in [0.05, 0.1) is 0 Å². The fourth-order valence-electron chi connectivity index (χ4n) is 3.64. The molecule has 3 nitrogen and oxygen atoms in total. The lowest BCUT2D eigenvalue weighted by molar-refractivity contribution is 0.115. The lowest BCUT2D eigenvalue weighted by atomic mass is 9.96. The summed E-state index contributed by atoms with van der Waals surface area (Å²) in [5.41, 5.74) is 8.09. The summed E-state index contributed by atoms with van der Waals surface area (Å²) in [4.78, 5) is 5.63. The molecule has 0 bridgehead atoms. The van der Waals surface area contributed by atoms with Crippen LogP contribution in [-0.4, -0.2) is 41.6 Å². The molecular weight excluding hydrogens is 346 g/mol. The molecule has 2 aliphatic heterocycles. The SMILES string of the molecule is CC1CN2CCCCC2CN1c1cc(Br)ccc1C(N)=S. The Morgan fingerprint density at radius 1 is 1.33 bits per heavy atom. The average Bonchev–Trinajstić information content (AvgIpc) is 2.46. The maximum Gasteiger partial charge on any atom is 0.106 e. The van der Waals surface area contributed by atoms with E-state index in [4.69, 9.17) is 18.0 Å². The molecule has 0 aromatic heterocycles. The standard InChI is InChI=1S/C16H22BrN3S/c1-11-9-19-7-3-2-4-13(19)10-20(11)15-8-12(17)5-6-14(15)16(18)21/h5-6,8,11,13H,2-4,7,9-10H2,1H3,(H2,18,21). The van der Waals surface area contributed by atoms with Gasteiger partial charge in [-0.3, -0.25) is 4.90 Å². The van der Waals surface area contributed by atoms with Gasteiger partial charge >= 0.3 is 0 Å². The zero-order valence-electron chi connectivity index (χ0n) is 12.4. The summed E-state index contributed by atoms with van der Waals surface area (Å²) in [7, 11) is 0. The van der Waals surface area contributed by atoms with Gasteiger partial charge in [0.1, 0.15) is 4.99 Å². The Morgan fingerprint density at radius 3 is 2.90 bits per heavy atom. The van der Waals surface area contributed by atoms with Crippen molar-refractivity contribution in [3.05, 3.63) is 28.2 Å². The Morgan fingerprint density at radius 2 is 2.14 bits per heavy atom. The van der Waals surface area contributed by atoms with Crippen LogP contribution < -0.4 is 10.6 Å². The number of halogens is 1. The van der Waals surface area contributed by atoms with Crippen LogP contribution in [0.15, 0.2) is 22.7 Å². The maximum atomic E-state index is 5.93. The zero-order chi connectivity index (χ0) is 15.0. The fraction of sp³-hybridized carbons (Fsp3) is 0.562. The van der Waals surface area contributed by atoms with Gasteiger partial charge < -0.3 is 10.6 Å². The number of benzene rings is 1. The smallest absolute Gasteiger partial charge is 0.106 e. The molecule has 1 aromatic rings. The van der Waals surface area contributed by atoms with Crippen LogP contribution in [0.5, 0.6) is 0 Å². The molecule has 2 saturated heterocycles. The monoisotopic (exact) mass is 367 g/mol. The van der Waals surface area contributed by atoms with Crippen molar-refractivity contribution in [1.82, 2.24) is 4.90 Å². The van der Waals surface area contributed by atoms with Gasteiger partial charge in [-0.1, -0.05) is 34.6 Å². The second-order valence-corrected chi connectivity index (χ2v) is 7.53. The van der Waals surface area contributed by atoms with Gasteiger partial charge in [-0.2, -0.15) is 0 Å². The minimum absolute atomic E-state index is 0.482. The molecule has 2 fully saturated rings. The van der Waals surface area contributed by atoms with E-state index in [0.717, 1.165) is 23.1 Å². The van der Waals surface area contributed by atoms with Crippen LogP contribution in [0.3, 0.4) is 0 Å². The predicted octanol–water partition coefficient (Wildman–Crippen LogP) is 3.15. The third kappa shape index (κ3) is 3.10. The number of thiocarbonyl (C=S) groups is 1. The van der Waals surface area contributed by atoms with Crippen LogP contribution >= 0.6 is 28.1 Å². The van der Waals surface area contributed by atoms with Crippen LogP contribution in [-0.2, 0) is 0 Å². The third-order valence-corrected chi connectivity index (χ3v) is 5.44. The van der Waals surface area contributed by atoms with Crippen LogP contribution in [0.25, 0.3) is 0 Å². The number of anilines is 1. The van der Waals surface area contributed by atoms with Crippen molar-refractivity contribution in [2.75, 3.05) is 24.5 Å². The zero-order valence-corrected chi connectivity index (χ0v) is 14.8. The highest BCUT2D eigenvalue weighted by Gasteiger charge is 2.33. The van der Waals surface area contributed by atoms with Crippen molar-refractivity contribution in [2.45, 2.75) is 38.3 Å². The molecule has 0 spiro atoms. The van der Waals surface area contributed by atoms with E-state index >= 15 is 0 Å². The molecule has 0 saturated carbocycles. The first-order valence-corrected chi connectivity index (χ1v) is 8.86. The summed E-state index contributed by atoms with van der Waals surface area (Å²) >= 11 is 8.82. The van der Waals surface area contributed by atoms with Crippen LogP contribution in [0.1, 0.15) is 31.7 Å². The summed E-state index contributed by atoms with van der Waals surface area (Å²) in [5.74, 6) is 0. The number of nitrogens with zero attached hydrogens (tertiary/aromatic N) is 2. The quantitative estimate of drug-likeness (QED) is 0.813. The Labute approximate surface area is 140 Å². The molecule has 0 radical (unpaired) electrons. The highest BCUT2D eigenvalue weighted by molar-refractivity contribution is 9.10. The first-order chi connectivity index (χ1) is 10.1. The van der Waals surface area contributed by atoms with E-state index in [0.29, 0.717) is 17.1 Å². The van der Waals surface area contributed by atoms with E-state index in [-0.39, 0.29) is 0 Å². The summed E-state index contributed by atoms with van der Waals surface area (Å²) in [6.07, 6.45) is 4.00. The highest BCUT2D eigenvalue weighted by atomic mass is 79.9. The number of piperazine rings is 1. The van der Waals surface area contributed by atoms with Gasteiger partial charge in [-0.25, -0.2) is 0 Å². The first kappa shape index (κ1) is 15.3. The topological polar surface area (TPSA) is 32.5 Å². The predicted molar refractivity (Wildman–Crippen MR) is 96.0 cm³/mol. The number of fused-ring (bicyclic) bond motifs is 1. The average molecular weight is 368 g/mol. The molecule has 114 valence electrons. The third-order valence-electron chi connectivity index (χ3n) is 4.72. The van der Waals surface area contributed by atoms with Gasteiger partial charge in [0, 0.05) is 40.9 Å².